The maximum absolute atomic E-state index is 12.5. The van der Waals surface area contributed by atoms with Gasteiger partial charge in [-0.25, -0.2) is 14.8 Å². The Morgan fingerprint density at radius 3 is 2.61 bits per heavy atom. The van der Waals surface area contributed by atoms with Crippen LogP contribution < -0.4 is 26.0 Å². The quantitative estimate of drug-likeness (QED) is 0.0981. The Labute approximate surface area is 226 Å². The van der Waals surface area contributed by atoms with Gasteiger partial charge >= 0.3 is 6.03 Å². The van der Waals surface area contributed by atoms with E-state index in [9.17, 15) is 4.79 Å². The lowest BCUT2D eigenvalue weighted by Crippen LogP contribution is -2.28. The highest BCUT2D eigenvalue weighted by Crippen LogP contribution is 2.37. The predicted molar refractivity (Wildman–Crippen MR) is 148 cm³/mol. The van der Waals surface area contributed by atoms with Crippen molar-refractivity contribution in [3.8, 4) is 11.5 Å². The summed E-state index contributed by atoms with van der Waals surface area (Å²) < 4.78 is 16.3. The monoisotopic (exact) mass is 539 g/mol. The van der Waals surface area contributed by atoms with Crippen LogP contribution >= 0.6 is 11.8 Å². The summed E-state index contributed by atoms with van der Waals surface area (Å²) in [5.41, 5.74) is 1.32. The zero-order valence-electron chi connectivity index (χ0n) is 22.2. The summed E-state index contributed by atoms with van der Waals surface area (Å²) in [5, 5.41) is 7.03. The molecule has 0 radical (unpaired) electrons. The van der Waals surface area contributed by atoms with Crippen LogP contribution in [0.25, 0.3) is 10.9 Å². The van der Waals surface area contributed by atoms with Gasteiger partial charge in [-0.05, 0) is 24.3 Å². The molecule has 0 aliphatic carbocycles. The largest absolute Gasteiger partial charge is 0.493 e. The van der Waals surface area contributed by atoms with Gasteiger partial charge in [0.1, 0.15) is 23.7 Å². The molecule has 3 aromatic rings. The normalized spacial score (nSPS) is 11.7. The molecule has 0 saturated heterocycles. The van der Waals surface area contributed by atoms with E-state index in [1.807, 2.05) is 51.1 Å². The number of carbonyl (C=O) groups is 1. The van der Waals surface area contributed by atoms with Crippen molar-refractivity contribution in [1.29, 1.82) is 0 Å². The molecule has 0 unspecified atom stereocenters. The number of anilines is 1. The molecule has 0 aliphatic rings. The third-order valence-corrected chi connectivity index (χ3v) is 6.19. The second kappa shape index (κ2) is 13.1. The van der Waals surface area contributed by atoms with E-state index in [1.165, 1.54) is 18.1 Å². The summed E-state index contributed by atoms with van der Waals surface area (Å²) in [6.07, 6.45) is 3.09. The number of nitrogens with zero attached hydrogens (tertiary/aromatic N) is 2. The van der Waals surface area contributed by atoms with Gasteiger partial charge in [-0.2, -0.15) is 5.90 Å². The summed E-state index contributed by atoms with van der Waals surface area (Å²) in [5.74, 6) is 6.99. The van der Waals surface area contributed by atoms with Crippen LogP contribution in [-0.4, -0.2) is 43.4 Å². The van der Waals surface area contributed by atoms with E-state index >= 15 is 0 Å². The fourth-order valence-electron chi connectivity index (χ4n) is 3.31. The second-order valence-electron chi connectivity index (χ2n) is 9.15. The van der Waals surface area contributed by atoms with E-state index in [0.717, 1.165) is 15.3 Å². The minimum absolute atomic E-state index is 0.338. The van der Waals surface area contributed by atoms with Crippen molar-refractivity contribution in [3.63, 3.8) is 0 Å². The minimum Gasteiger partial charge on any atom is -0.493 e. The van der Waals surface area contributed by atoms with Crippen molar-refractivity contribution in [2.75, 3.05) is 32.8 Å². The van der Waals surface area contributed by atoms with Crippen LogP contribution in [0.5, 0.6) is 11.5 Å². The molecule has 1 heterocycles. The molecule has 11 heteroatoms. The molecule has 0 aliphatic heterocycles. The first-order valence-electron chi connectivity index (χ1n) is 11.7. The SMILES string of the molecule is C=C(/C=C(\ON)C(C)(C)C)NC(=O)Nc1cccc(Sc2ncnc3cc(OCCOC)c(OC)cc23)c1. The Hall–Kier alpha value is -3.80. The van der Waals surface area contributed by atoms with E-state index in [-0.39, 0.29) is 5.41 Å². The van der Waals surface area contributed by atoms with Crippen molar-refractivity contribution >= 4 is 34.4 Å². The van der Waals surface area contributed by atoms with Gasteiger partial charge in [0.05, 0.1) is 19.2 Å². The molecular weight excluding hydrogens is 506 g/mol. The second-order valence-corrected chi connectivity index (χ2v) is 10.2. The van der Waals surface area contributed by atoms with Crippen molar-refractivity contribution in [2.45, 2.75) is 30.7 Å². The lowest BCUT2D eigenvalue weighted by atomic mass is 9.93. The smallest absolute Gasteiger partial charge is 0.323 e. The first kappa shape index (κ1) is 28.8. The molecule has 2 aromatic carbocycles. The number of urea groups is 1. The van der Waals surface area contributed by atoms with Crippen LogP contribution in [0.1, 0.15) is 20.8 Å². The molecule has 0 fully saturated rings. The summed E-state index contributed by atoms with van der Waals surface area (Å²) in [6, 6.07) is 10.6. The number of fused-ring (bicyclic) bond motifs is 1. The standard InChI is InChI=1S/C27H33N5O5S/c1-17(12-24(37-28)27(2,3)4)31-26(33)32-18-8-7-9-19(13-18)38-25-20-14-22(35-6)23(36-11-10-34-5)15-21(20)29-16-30-25/h7-9,12-16H,1,10-11,28H2,2-6H3,(H2,31,32,33)/b24-12-. The number of aromatic nitrogens is 2. The van der Waals surface area contributed by atoms with Crippen molar-refractivity contribution in [3.05, 3.63) is 66.8 Å². The van der Waals surface area contributed by atoms with Gasteiger partial charge in [-0.15, -0.1) is 0 Å². The van der Waals surface area contributed by atoms with E-state index in [4.69, 9.17) is 24.9 Å². The maximum Gasteiger partial charge on any atom is 0.323 e. The van der Waals surface area contributed by atoms with Crippen molar-refractivity contribution in [1.82, 2.24) is 15.3 Å². The molecule has 0 spiro atoms. The maximum atomic E-state index is 12.5. The number of hydrogen-bond acceptors (Lipinski definition) is 9. The molecule has 0 atom stereocenters. The third kappa shape index (κ3) is 7.85. The Bertz CT molecular complexity index is 1320. The fourth-order valence-corrected chi connectivity index (χ4v) is 4.24. The molecule has 10 nitrogen and oxygen atoms in total. The number of nitrogens with two attached hydrogens (primary N) is 1. The average Bonchev–Trinajstić information content (AvgIpc) is 2.86. The van der Waals surface area contributed by atoms with Crippen LogP contribution in [0.15, 0.2) is 76.8 Å². The lowest BCUT2D eigenvalue weighted by molar-refractivity contribution is 0.144. The summed E-state index contributed by atoms with van der Waals surface area (Å²) in [6.45, 7) is 10.5. The highest BCUT2D eigenvalue weighted by atomic mass is 32.2. The molecule has 2 amide bonds. The number of amides is 2. The number of allylic oxidation sites excluding steroid dienone is 2. The molecule has 1 aromatic heterocycles. The number of carbonyl (C=O) groups excluding carboxylic acids is 1. The van der Waals surface area contributed by atoms with Crippen LogP contribution in [0.3, 0.4) is 0 Å². The van der Waals surface area contributed by atoms with Crippen molar-refractivity contribution in [2.24, 2.45) is 11.3 Å². The molecule has 202 valence electrons. The molecule has 0 saturated carbocycles. The van der Waals surface area contributed by atoms with Crippen LogP contribution in [0.2, 0.25) is 0 Å². The highest BCUT2D eigenvalue weighted by Gasteiger charge is 2.19. The molecule has 38 heavy (non-hydrogen) atoms. The van der Waals surface area contributed by atoms with E-state index < -0.39 is 6.03 Å². The first-order chi connectivity index (χ1) is 18.1. The molecule has 4 N–H and O–H groups in total. The van der Waals surface area contributed by atoms with Gasteiger partial charge in [-0.3, -0.25) is 0 Å². The first-order valence-corrected chi connectivity index (χ1v) is 12.5. The van der Waals surface area contributed by atoms with E-state index in [0.29, 0.717) is 47.4 Å². The number of ether oxygens (including phenoxy) is 3. The average molecular weight is 540 g/mol. The number of rotatable bonds is 11. The molecular formula is C27H33N5O5S. The van der Waals surface area contributed by atoms with Gasteiger partial charge in [-0.1, -0.05) is 45.2 Å². The number of benzene rings is 2. The fraction of sp³-hybridized carbons (Fsp3) is 0.296. The Kier molecular flexibility index (Phi) is 9.94. The Morgan fingerprint density at radius 1 is 1.13 bits per heavy atom. The number of methoxy groups -OCH3 is 2. The predicted octanol–water partition coefficient (Wildman–Crippen LogP) is 5.27. The Morgan fingerprint density at radius 2 is 1.92 bits per heavy atom. The van der Waals surface area contributed by atoms with Gasteiger partial charge in [0.15, 0.2) is 11.5 Å². The third-order valence-electron chi connectivity index (χ3n) is 5.18. The van der Waals surface area contributed by atoms with Gasteiger partial charge in [0, 0.05) is 46.3 Å². The van der Waals surface area contributed by atoms with Crippen LogP contribution in [0.4, 0.5) is 10.5 Å². The van der Waals surface area contributed by atoms with Crippen LogP contribution in [0, 0.1) is 5.41 Å². The van der Waals surface area contributed by atoms with Crippen molar-refractivity contribution < 1.29 is 23.8 Å². The molecule has 3 rings (SSSR count). The summed E-state index contributed by atoms with van der Waals surface area (Å²) in [4.78, 5) is 27.2. The van der Waals surface area contributed by atoms with E-state index in [1.54, 1.807) is 26.4 Å². The molecule has 0 bridgehead atoms. The minimum atomic E-state index is -0.447. The summed E-state index contributed by atoms with van der Waals surface area (Å²) >= 11 is 1.44. The van der Waals surface area contributed by atoms with Gasteiger partial charge < -0.3 is 29.7 Å². The van der Waals surface area contributed by atoms with Crippen LogP contribution in [-0.2, 0) is 9.57 Å². The lowest BCUT2D eigenvalue weighted by Gasteiger charge is -2.20. The van der Waals surface area contributed by atoms with Gasteiger partial charge in [0.2, 0.25) is 0 Å². The van der Waals surface area contributed by atoms with Gasteiger partial charge in [0.25, 0.3) is 0 Å². The zero-order valence-corrected chi connectivity index (χ0v) is 23.0. The summed E-state index contributed by atoms with van der Waals surface area (Å²) in [7, 11) is 3.20. The van der Waals surface area contributed by atoms with E-state index in [2.05, 4.69) is 27.2 Å². The Balaban J connectivity index is 1.75. The number of nitrogens with one attached hydrogen (secondary N) is 2. The zero-order chi connectivity index (χ0) is 27.7. The number of hydrogen-bond donors (Lipinski definition) is 3. The highest BCUT2D eigenvalue weighted by molar-refractivity contribution is 7.99. The topological polar surface area (TPSA) is 130 Å².